The fraction of sp³-hybridized carbons (Fsp3) is 0.304. The maximum Gasteiger partial charge on any atom is 0.416 e. The number of ether oxygens (including phenoxy) is 2. The van der Waals surface area contributed by atoms with E-state index in [0.717, 1.165) is 12.1 Å². The van der Waals surface area contributed by atoms with Gasteiger partial charge in [-0.3, -0.25) is 9.59 Å². The maximum atomic E-state index is 12.8. The number of hydrogen-bond donors (Lipinski definition) is 0. The van der Waals surface area contributed by atoms with Crippen molar-refractivity contribution in [1.29, 1.82) is 0 Å². The number of hydrogen-bond acceptors (Lipinski definition) is 4. The number of carbonyl (C=O) groups excluding carboxylic acids is 2. The molecule has 2 aliphatic heterocycles. The number of alkyl halides is 3. The quantitative estimate of drug-likeness (QED) is 0.680. The summed E-state index contributed by atoms with van der Waals surface area (Å²) in [6.45, 7) is 1.44. The Morgan fingerprint density at radius 1 is 0.938 bits per heavy atom. The summed E-state index contributed by atoms with van der Waals surface area (Å²) in [5.74, 6) is 0.594. The first-order valence-corrected chi connectivity index (χ1v) is 10.1. The Kier molecular flexibility index (Phi) is 6.07. The smallest absolute Gasteiger partial charge is 0.416 e. The molecule has 1 saturated heterocycles. The number of amides is 2. The number of para-hydroxylation sites is 2. The van der Waals surface area contributed by atoms with E-state index in [1.54, 1.807) is 28.0 Å². The molecule has 168 valence electrons. The van der Waals surface area contributed by atoms with Gasteiger partial charge in [0, 0.05) is 32.3 Å². The van der Waals surface area contributed by atoms with Gasteiger partial charge in [-0.25, -0.2) is 0 Å². The van der Waals surface area contributed by atoms with Crippen LogP contribution in [-0.2, 0) is 15.8 Å². The summed E-state index contributed by atoms with van der Waals surface area (Å²) in [5.41, 5.74) is -0.479. The third-order valence-corrected chi connectivity index (χ3v) is 5.32. The average molecular weight is 446 g/mol. The molecule has 0 aliphatic carbocycles. The Hall–Kier alpha value is -3.49. The summed E-state index contributed by atoms with van der Waals surface area (Å²) in [6, 6.07) is 11.9. The van der Waals surface area contributed by atoms with E-state index in [1.807, 2.05) is 6.07 Å². The molecule has 32 heavy (non-hydrogen) atoms. The molecule has 9 heteroatoms. The van der Waals surface area contributed by atoms with Crippen molar-refractivity contribution < 1.29 is 32.2 Å². The van der Waals surface area contributed by atoms with Crippen LogP contribution in [-0.4, -0.2) is 60.5 Å². The predicted molar refractivity (Wildman–Crippen MR) is 110 cm³/mol. The van der Waals surface area contributed by atoms with Crippen LogP contribution < -0.4 is 9.47 Å². The highest BCUT2D eigenvalue weighted by Gasteiger charge is 2.33. The van der Waals surface area contributed by atoms with Crippen molar-refractivity contribution in [2.24, 2.45) is 0 Å². The van der Waals surface area contributed by atoms with Crippen molar-refractivity contribution in [3.63, 3.8) is 0 Å². The van der Waals surface area contributed by atoms with E-state index in [9.17, 15) is 22.8 Å². The molecule has 1 fully saturated rings. The maximum absolute atomic E-state index is 12.8. The molecule has 0 N–H and O–H groups in total. The van der Waals surface area contributed by atoms with E-state index in [1.165, 1.54) is 24.3 Å². The predicted octanol–water partition coefficient (Wildman–Crippen LogP) is 3.23. The van der Waals surface area contributed by atoms with Gasteiger partial charge in [0.1, 0.15) is 6.61 Å². The van der Waals surface area contributed by atoms with Gasteiger partial charge in [0.05, 0.1) is 5.56 Å². The van der Waals surface area contributed by atoms with Gasteiger partial charge in [-0.1, -0.05) is 24.3 Å². The van der Waals surface area contributed by atoms with Crippen molar-refractivity contribution in [3.8, 4) is 11.5 Å². The number of fused-ring (bicyclic) bond motifs is 1. The van der Waals surface area contributed by atoms with Crippen molar-refractivity contribution in [3.05, 3.63) is 65.7 Å². The molecular formula is C23H21F3N2O4. The molecule has 0 saturated carbocycles. The molecule has 1 atom stereocenters. The lowest BCUT2D eigenvalue weighted by atomic mass is 10.1. The van der Waals surface area contributed by atoms with Crippen LogP contribution in [0.1, 0.15) is 11.1 Å². The van der Waals surface area contributed by atoms with Crippen LogP contribution >= 0.6 is 0 Å². The van der Waals surface area contributed by atoms with Gasteiger partial charge in [0.15, 0.2) is 11.5 Å². The zero-order valence-corrected chi connectivity index (χ0v) is 17.0. The summed E-state index contributed by atoms with van der Waals surface area (Å²) >= 11 is 0. The van der Waals surface area contributed by atoms with Crippen LogP contribution in [0.5, 0.6) is 11.5 Å². The highest BCUT2D eigenvalue weighted by molar-refractivity contribution is 5.92. The number of carbonyl (C=O) groups is 2. The van der Waals surface area contributed by atoms with Crippen LogP contribution in [0.15, 0.2) is 54.6 Å². The molecule has 6 nitrogen and oxygen atoms in total. The fourth-order valence-electron chi connectivity index (χ4n) is 3.58. The molecule has 2 amide bonds. The third-order valence-electron chi connectivity index (χ3n) is 5.32. The van der Waals surface area contributed by atoms with Gasteiger partial charge < -0.3 is 19.3 Å². The first-order chi connectivity index (χ1) is 15.3. The van der Waals surface area contributed by atoms with E-state index >= 15 is 0 Å². The molecule has 2 aromatic rings. The third kappa shape index (κ3) is 4.87. The summed E-state index contributed by atoms with van der Waals surface area (Å²) in [5, 5.41) is 0. The van der Waals surface area contributed by atoms with E-state index in [-0.39, 0.29) is 24.0 Å². The molecule has 2 heterocycles. The SMILES string of the molecule is O=C(/C=C\c1cccc(C(F)(F)F)c1)N1CCN(C(=O)[C@H]2COc3ccccc3O2)CC1. The normalized spacial score (nSPS) is 18.7. The molecule has 0 unspecified atom stereocenters. The van der Waals surface area contributed by atoms with Crippen LogP contribution in [0, 0.1) is 0 Å². The molecule has 0 radical (unpaired) electrons. The number of halogens is 3. The average Bonchev–Trinajstić information content (AvgIpc) is 2.81. The lowest BCUT2D eigenvalue weighted by Gasteiger charge is -2.36. The van der Waals surface area contributed by atoms with Crippen molar-refractivity contribution in [2.75, 3.05) is 32.8 Å². The fourth-order valence-corrected chi connectivity index (χ4v) is 3.58. The Labute approximate surface area is 182 Å². The zero-order valence-electron chi connectivity index (χ0n) is 17.0. The second kappa shape index (κ2) is 8.94. The van der Waals surface area contributed by atoms with E-state index in [4.69, 9.17) is 9.47 Å². The highest BCUT2D eigenvalue weighted by Crippen LogP contribution is 2.31. The van der Waals surface area contributed by atoms with E-state index < -0.39 is 17.8 Å². The van der Waals surface area contributed by atoms with Gasteiger partial charge in [0.25, 0.3) is 5.91 Å². The minimum atomic E-state index is -4.44. The molecule has 0 bridgehead atoms. The minimum absolute atomic E-state index is 0.120. The summed E-state index contributed by atoms with van der Waals surface area (Å²) in [4.78, 5) is 28.4. The molecule has 4 rings (SSSR count). The van der Waals surface area contributed by atoms with Crippen molar-refractivity contribution >= 4 is 17.9 Å². The Morgan fingerprint density at radius 3 is 2.34 bits per heavy atom. The standard InChI is InChI=1S/C23H21F3N2O4/c24-23(25,26)17-5-3-4-16(14-17)8-9-21(29)27-10-12-28(13-11-27)22(30)20-15-31-18-6-1-2-7-19(18)32-20/h1-9,14,20H,10-13,15H2/b9-8-/t20-/m1/s1. The first-order valence-electron chi connectivity index (χ1n) is 10.1. The van der Waals surface area contributed by atoms with Gasteiger partial charge in [-0.2, -0.15) is 13.2 Å². The summed E-state index contributed by atoms with van der Waals surface area (Å²) in [7, 11) is 0. The number of benzene rings is 2. The second-order valence-electron chi connectivity index (χ2n) is 7.47. The molecule has 0 aromatic heterocycles. The van der Waals surface area contributed by atoms with Crippen molar-refractivity contribution in [2.45, 2.75) is 12.3 Å². The van der Waals surface area contributed by atoms with Crippen LogP contribution in [0.25, 0.3) is 6.08 Å². The monoisotopic (exact) mass is 446 g/mol. The van der Waals surface area contributed by atoms with Crippen LogP contribution in [0.2, 0.25) is 0 Å². The molecular weight excluding hydrogens is 425 g/mol. The lowest BCUT2D eigenvalue weighted by Crippen LogP contribution is -2.54. The lowest BCUT2D eigenvalue weighted by molar-refractivity contribution is -0.145. The van der Waals surface area contributed by atoms with E-state index in [2.05, 4.69) is 0 Å². The second-order valence-corrected chi connectivity index (χ2v) is 7.47. The Balaban J connectivity index is 1.30. The van der Waals surface area contributed by atoms with Gasteiger partial charge in [-0.05, 0) is 35.9 Å². The number of piperazine rings is 1. The Morgan fingerprint density at radius 2 is 1.62 bits per heavy atom. The summed E-state index contributed by atoms with van der Waals surface area (Å²) < 4.78 is 49.8. The van der Waals surface area contributed by atoms with Crippen molar-refractivity contribution in [1.82, 2.24) is 9.80 Å². The van der Waals surface area contributed by atoms with Crippen LogP contribution in [0.4, 0.5) is 13.2 Å². The van der Waals surface area contributed by atoms with Gasteiger partial charge in [-0.15, -0.1) is 0 Å². The minimum Gasteiger partial charge on any atom is -0.485 e. The van der Waals surface area contributed by atoms with E-state index in [0.29, 0.717) is 37.7 Å². The molecule has 0 spiro atoms. The topological polar surface area (TPSA) is 59.1 Å². The first kappa shape index (κ1) is 21.7. The van der Waals surface area contributed by atoms with Gasteiger partial charge >= 0.3 is 6.18 Å². The van der Waals surface area contributed by atoms with Gasteiger partial charge in [0.2, 0.25) is 12.0 Å². The zero-order chi connectivity index (χ0) is 22.7. The number of nitrogens with zero attached hydrogens (tertiary/aromatic N) is 2. The molecule has 2 aliphatic rings. The number of rotatable bonds is 3. The molecule has 2 aromatic carbocycles. The van der Waals surface area contributed by atoms with Crippen LogP contribution in [0.3, 0.4) is 0 Å². The summed E-state index contributed by atoms with van der Waals surface area (Å²) in [6.07, 6.45) is -2.57. The Bertz CT molecular complexity index is 1030. The highest BCUT2D eigenvalue weighted by atomic mass is 19.4. The largest absolute Gasteiger partial charge is 0.485 e.